The molecule has 1 unspecified atom stereocenters. The van der Waals surface area contributed by atoms with E-state index in [9.17, 15) is 0 Å². The Morgan fingerprint density at radius 1 is 1.56 bits per heavy atom. The van der Waals surface area contributed by atoms with Crippen LogP contribution in [-0.2, 0) is 11.2 Å². The third kappa shape index (κ3) is 2.07. The summed E-state index contributed by atoms with van der Waals surface area (Å²) in [7, 11) is 0. The summed E-state index contributed by atoms with van der Waals surface area (Å²) in [5, 5.41) is 4.46. The van der Waals surface area contributed by atoms with Crippen LogP contribution in [0.4, 0.5) is 0 Å². The number of hydrogen-bond donors (Lipinski definition) is 1. The van der Waals surface area contributed by atoms with Crippen LogP contribution in [0.1, 0.15) is 5.01 Å². The predicted octanol–water partition coefficient (Wildman–Crippen LogP) is 1.22. The Bertz CT molecular complexity index is 446. The molecular weight excluding hydrogens is 222 g/mol. The summed E-state index contributed by atoms with van der Waals surface area (Å²) >= 11 is 1.73. The molecule has 16 heavy (non-hydrogen) atoms. The highest BCUT2D eigenvalue weighted by Crippen LogP contribution is 2.22. The van der Waals surface area contributed by atoms with E-state index < -0.39 is 0 Å². The maximum atomic E-state index is 5.67. The van der Waals surface area contributed by atoms with Gasteiger partial charge < -0.3 is 10.1 Å². The zero-order valence-corrected chi connectivity index (χ0v) is 9.67. The van der Waals surface area contributed by atoms with Crippen LogP contribution < -0.4 is 5.32 Å². The maximum absolute atomic E-state index is 5.67. The van der Waals surface area contributed by atoms with Gasteiger partial charge in [-0.15, -0.1) is 11.3 Å². The summed E-state index contributed by atoms with van der Waals surface area (Å²) in [5.74, 6) is 0. The first kappa shape index (κ1) is 10.1. The van der Waals surface area contributed by atoms with E-state index in [0.717, 1.165) is 36.6 Å². The molecule has 0 bridgehead atoms. The Hall–Kier alpha value is -1.04. The number of ether oxygens (including phenoxy) is 1. The van der Waals surface area contributed by atoms with E-state index in [-0.39, 0.29) is 6.10 Å². The van der Waals surface area contributed by atoms with Crippen molar-refractivity contribution in [2.24, 2.45) is 0 Å². The molecule has 0 amide bonds. The highest BCUT2D eigenvalue weighted by molar-refractivity contribution is 7.18. The minimum Gasteiger partial charge on any atom is -0.375 e. The molecule has 3 heterocycles. The normalized spacial score (nSPS) is 21.4. The molecule has 2 aromatic rings. The molecule has 0 spiro atoms. The van der Waals surface area contributed by atoms with Gasteiger partial charge in [0, 0.05) is 25.7 Å². The van der Waals surface area contributed by atoms with E-state index in [1.54, 1.807) is 11.3 Å². The highest BCUT2D eigenvalue weighted by atomic mass is 32.1. The third-order valence-corrected chi connectivity index (χ3v) is 3.70. The van der Waals surface area contributed by atoms with Crippen LogP contribution in [0.3, 0.4) is 0 Å². The van der Waals surface area contributed by atoms with E-state index in [1.807, 2.05) is 18.5 Å². The van der Waals surface area contributed by atoms with Crippen LogP contribution in [0.25, 0.3) is 10.2 Å². The fraction of sp³-hybridized carbons (Fsp3) is 0.455. The second-order valence-electron chi connectivity index (χ2n) is 3.85. The van der Waals surface area contributed by atoms with E-state index in [0.29, 0.717) is 0 Å². The zero-order valence-electron chi connectivity index (χ0n) is 8.85. The number of thiazole rings is 1. The number of aromatic nitrogens is 2. The van der Waals surface area contributed by atoms with E-state index >= 15 is 0 Å². The molecule has 1 N–H and O–H groups in total. The van der Waals surface area contributed by atoms with Crippen LogP contribution in [-0.4, -0.2) is 35.8 Å². The quantitative estimate of drug-likeness (QED) is 0.850. The lowest BCUT2D eigenvalue weighted by Gasteiger charge is -2.22. The molecular formula is C11H13N3OS. The summed E-state index contributed by atoms with van der Waals surface area (Å²) in [6, 6.07) is 2.01. The molecule has 2 aromatic heterocycles. The van der Waals surface area contributed by atoms with Gasteiger partial charge in [-0.25, -0.2) is 4.98 Å². The minimum atomic E-state index is 0.266. The first-order chi connectivity index (χ1) is 7.92. The molecule has 1 atom stereocenters. The third-order valence-electron chi connectivity index (χ3n) is 2.64. The van der Waals surface area contributed by atoms with Gasteiger partial charge in [0.25, 0.3) is 0 Å². The van der Waals surface area contributed by atoms with Crippen molar-refractivity contribution in [3.05, 3.63) is 23.5 Å². The van der Waals surface area contributed by atoms with Crippen LogP contribution in [0.5, 0.6) is 0 Å². The minimum absolute atomic E-state index is 0.266. The topological polar surface area (TPSA) is 47.0 Å². The molecule has 1 aliphatic heterocycles. The Balaban J connectivity index is 1.78. The number of fused-ring (bicyclic) bond motifs is 1. The molecule has 0 radical (unpaired) electrons. The van der Waals surface area contributed by atoms with Gasteiger partial charge in [0.1, 0.15) is 0 Å². The van der Waals surface area contributed by atoms with Gasteiger partial charge in [0.05, 0.1) is 34.1 Å². The lowest BCUT2D eigenvalue weighted by Crippen LogP contribution is -2.39. The van der Waals surface area contributed by atoms with Crippen molar-refractivity contribution in [2.45, 2.75) is 12.5 Å². The number of morpholine rings is 1. The van der Waals surface area contributed by atoms with E-state index in [2.05, 4.69) is 15.3 Å². The molecule has 84 valence electrons. The van der Waals surface area contributed by atoms with Crippen molar-refractivity contribution in [2.75, 3.05) is 19.7 Å². The smallest absolute Gasteiger partial charge is 0.0998 e. The van der Waals surface area contributed by atoms with Gasteiger partial charge in [0.2, 0.25) is 0 Å². The summed E-state index contributed by atoms with van der Waals surface area (Å²) in [6.07, 6.45) is 4.78. The Morgan fingerprint density at radius 2 is 2.56 bits per heavy atom. The average Bonchev–Trinajstić information content (AvgIpc) is 2.72. The number of nitrogens with zero attached hydrogens (tertiary/aromatic N) is 2. The fourth-order valence-corrected chi connectivity index (χ4v) is 2.86. The number of nitrogens with one attached hydrogen (secondary N) is 1. The predicted molar refractivity (Wildman–Crippen MR) is 63.7 cm³/mol. The Labute approximate surface area is 97.7 Å². The van der Waals surface area contributed by atoms with Crippen LogP contribution in [0.2, 0.25) is 0 Å². The summed E-state index contributed by atoms with van der Waals surface area (Å²) < 4.78 is 6.87. The molecule has 0 saturated carbocycles. The van der Waals surface area contributed by atoms with Gasteiger partial charge >= 0.3 is 0 Å². The van der Waals surface area contributed by atoms with Gasteiger partial charge in [-0.05, 0) is 6.07 Å². The zero-order chi connectivity index (χ0) is 10.8. The SMILES string of the molecule is c1cc2sc(CC3CNCCO3)nc2cn1. The lowest BCUT2D eigenvalue weighted by atomic mass is 10.2. The molecule has 3 rings (SSSR count). The maximum Gasteiger partial charge on any atom is 0.0998 e. The second-order valence-corrected chi connectivity index (χ2v) is 4.97. The van der Waals surface area contributed by atoms with Crippen molar-refractivity contribution in [1.82, 2.24) is 15.3 Å². The molecule has 0 aromatic carbocycles. The van der Waals surface area contributed by atoms with Crippen LogP contribution in [0, 0.1) is 0 Å². The van der Waals surface area contributed by atoms with Crippen molar-refractivity contribution in [1.29, 1.82) is 0 Å². The summed E-state index contributed by atoms with van der Waals surface area (Å²) in [4.78, 5) is 8.63. The number of rotatable bonds is 2. The Morgan fingerprint density at radius 3 is 3.38 bits per heavy atom. The van der Waals surface area contributed by atoms with Crippen LogP contribution >= 0.6 is 11.3 Å². The fourth-order valence-electron chi connectivity index (χ4n) is 1.86. The first-order valence-corrected chi connectivity index (χ1v) is 6.25. The average molecular weight is 235 g/mol. The van der Waals surface area contributed by atoms with Crippen molar-refractivity contribution >= 4 is 21.6 Å². The number of pyridine rings is 1. The number of hydrogen-bond acceptors (Lipinski definition) is 5. The van der Waals surface area contributed by atoms with Crippen molar-refractivity contribution < 1.29 is 4.74 Å². The summed E-state index contributed by atoms with van der Waals surface area (Å²) in [5.41, 5.74) is 0.992. The lowest BCUT2D eigenvalue weighted by molar-refractivity contribution is 0.0292. The monoisotopic (exact) mass is 235 g/mol. The van der Waals surface area contributed by atoms with Gasteiger partial charge in [-0.3, -0.25) is 4.98 Å². The second kappa shape index (κ2) is 4.45. The van der Waals surface area contributed by atoms with E-state index in [4.69, 9.17) is 4.74 Å². The largest absolute Gasteiger partial charge is 0.375 e. The summed E-state index contributed by atoms with van der Waals surface area (Å²) in [6.45, 7) is 2.69. The standard InChI is InChI=1S/C11H13N3OS/c1-2-12-7-9-10(1)16-11(14-9)5-8-6-13-3-4-15-8/h1-2,7-8,13H,3-6H2. The van der Waals surface area contributed by atoms with Gasteiger partial charge in [-0.1, -0.05) is 0 Å². The van der Waals surface area contributed by atoms with Gasteiger partial charge in [0.15, 0.2) is 0 Å². The molecule has 5 heteroatoms. The molecule has 1 saturated heterocycles. The first-order valence-electron chi connectivity index (χ1n) is 5.43. The molecule has 0 aliphatic carbocycles. The highest BCUT2D eigenvalue weighted by Gasteiger charge is 2.16. The molecule has 1 fully saturated rings. The van der Waals surface area contributed by atoms with Crippen molar-refractivity contribution in [3.8, 4) is 0 Å². The van der Waals surface area contributed by atoms with Crippen molar-refractivity contribution in [3.63, 3.8) is 0 Å². The van der Waals surface area contributed by atoms with E-state index in [1.165, 1.54) is 4.70 Å². The Kier molecular flexibility index (Phi) is 2.82. The van der Waals surface area contributed by atoms with Crippen LogP contribution in [0.15, 0.2) is 18.5 Å². The van der Waals surface area contributed by atoms with Gasteiger partial charge in [-0.2, -0.15) is 0 Å². The molecule has 1 aliphatic rings. The molecule has 4 nitrogen and oxygen atoms in total.